The van der Waals surface area contributed by atoms with Gasteiger partial charge < -0.3 is 10.2 Å². The number of carbonyl (C=O) groups excluding carboxylic acids is 1. The van der Waals surface area contributed by atoms with Gasteiger partial charge in [0.25, 0.3) is 0 Å². The molecule has 1 saturated heterocycles. The lowest BCUT2D eigenvalue weighted by Crippen LogP contribution is -2.50. The first kappa shape index (κ1) is 9.61. The van der Waals surface area contributed by atoms with Gasteiger partial charge in [-0.1, -0.05) is 0 Å². The third-order valence-electron chi connectivity index (χ3n) is 2.26. The van der Waals surface area contributed by atoms with E-state index in [1.807, 2.05) is 12.1 Å². The van der Waals surface area contributed by atoms with Crippen LogP contribution in [0.25, 0.3) is 0 Å². The molecule has 1 aromatic rings. The average Bonchev–Trinajstić information content (AvgIpc) is 2.76. The number of hydrogen-bond donors (Lipinski definition) is 2. The molecule has 4 nitrogen and oxygen atoms in total. The van der Waals surface area contributed by atoms with Crippen LogP contribution in [0.3, 0.4) is 0 Å². The largest absolute Gasteiger partial charge is 0.469 e. The van der Waals surface area contributed by atoms with Crippen molar-refractivity contribution in [2.75, 3.05) is 12.3 Å². The van der Waals surface area contributed by atoms with Gasteiger partial charge in [0, 0.05) is 18.7 Å². The maximum absolute atomic E-state index is 11.3. The van der Waals surface area contributed by atoms with E-state index in [1.165, 1.54) is 0 Å². The molecule has 1 amide bonds. The molecule has 1 aliphatic rings. The summed E-state index contributed by atoms with van der Waals surface area (Å²) in [4.78, 5) is 10.7. The number of rotatable bonds is 3. The van der Waals surface area contributed by atoms with Crippen LogP contribution in [0.5, 0.6) is 0 Å². The molecule has 2 heterocycles. The highest BCUT2D eigenvalue weighted by atomic mass is 32.2. The van der Waals surface area contributed by atoms with Gasteiger partial charge in [-0.05, 0) is 12.1 Å². The molecule has 1 atom stereocenters. The minimum atomic E-state index is -0.669. The molecule has 76 valence electrons. The first-order valence-electron chi connectivity index (χ1n) is 4.44. The maximum atomic E-state index is 11.3. The first-order chi connectivity index (χ1) is 6.73. The fourth-order valence-electron chi connectivity index (χ4n) is 1.55. The van der Waals surface area contributed by atoms with Gasteiger partial charge in [0.2, 0.25) is 5.91 Å². The zero-order chi connectivity index (χ0) is 10.0. The summed E-state index contributed by atoms with van der Waals surface area (Å²) in [5, 5.41) is 3.14. The van der Waals surface area contributed by atoms with Crippen LogP contribution < -0.4 is 11.1 Å². The second-order valence-corrected chi connectivity index (χ2v) is 4.62. The number of amides is 1. The van der Waals surface area contributed by atoms with E-state index < -0.39 is 4.87 Å². The Labute approximate surface area is 86.2 Å². The monoisotopic (exact) mass is 212 g/mol. The lowest BCUT2D eigenvalue weighted by molar-refractivity contribution is -0.121. The number of thioether (sulfide) groups is 1. The number of nitrogens with one attached hydrogen (secondary N) is 1. The van der Waals surface area contributed by atoms with E-state index in [2.05, 4.69) is 5.32 Å². The zero-order valence-electron chi connectivity index (χ0n) is 7.66. The molecule has 5 heteroatoms. The minimum Gasteiger partial charge on any atom is -0.469 e. The number of nitrogens with two attached hydrogens (primary N) is 1. The van der Waals surface area contributed by atoms with Crippen LogP contribution in [-0.2, 0) is 11.2 Å². The van der Waals surface area contributed by atoms with Crippen molar-refractivity contribution >= 4 is 17.7 Å². The summed E-state index contributed by atoms with van der Waals surface area (Å²) < 4.78 is 5.21. The molecule has 0 spiro atoms. The molecule has 1 aromatic heterocycles. The predicted molar refractivity (Wildman–Crippen MR) is 54.8 cm³/mol. The SMILES string of the molecule is NC(=O)C1(Cc2ccco2)NCCS1. The molecule has 0 aliphatic carbocycles. The smallest absolute Gasteiger partial charge is 0.248 e. The molecule has 0 aromatic carbocycles. The van der Waals surface area contributed by atoms with Crippen molar-refractivity contribution in [3.63, 3.8) is 0 Å². The molecule has 0 saturated carbocycles. The summed E-state index contributed by atoms with van der Waals surface area (Å²) in [6.45, 7) is 0.814. The van der Waals surface area contributed by atoms with Gasteiger partial charge in [-0.3, -0.25) is 10.1 Å². The molecule has 3 N–H and O–H groups in total. The molecular formula is C9H12N2O2S. The van der Waals surface area contributed by atoms with Crippen molar-refractivity contribution in [1.82, 2.24) is 5.32 Å². The number of hydrogen-bond acceptors (Lipinski definition) is 4. The van der Waals surface area contributed by atoms with Crippen LogP contribution in [0, 0.1) is 0 Å². The van der Waals surface area contributed by atoms with Crippen molar-refractivity contribution in [2.24, 2.45) is 5.73 Å². The van der Waals surface area contributed by atoms with Crippen LogP contribution in [0.2, 0.25) is 0 Å². The van der Waals surface area contributed by atoms with Gasteiger partial charge in [0.05, 0.1) is 6.26 Å². The molecule has 0 radical (unpaired) electrons. The fraction of sp³-hybridized carbons (Fsp3) is 0.444. The fourth-order valence-corrected chi connectivity index (χ4v) is 2.69. The maximum Gasteiger partial charge on any atom is 0.248 e. The quantitative estimate of drug-likeness (QED) is 0.758. The van der Waals surface area contributed by atoms with E-state index >= 15 is 0 Å². The summed E-state index contributed by atoms with van der Waals surface area (Å²) in [7, 11) is 0. The van der Waals surface area contributed by atoms with Crippen LogP contribution in [0.15, 0.2) is 22.8 Å². The highest BCUT2D eigenvalue weighted by Crippen LogP contribution is 2.30. The van der Waals surface area contributed by atoms with E-state index in [0.29, 0.717) is 6.42 Å². The van der Waals surface area contributed by atoms with Crippen LogP contribution in [0.1, 0.15) is 5.76 Å². The highest BCUT2D eigenvalue weighted by Gasteiger charge is 2.41. The predicted octanol–water partition coefficient (Wildman–Crippen LogP) is 0.340. The average molecular weight is 212 g/mol. The normalized spacial score (nSPS) is 26.6. The summed E-state index contributed by atoms with van der Waals surface area (Å²) >= 11 is 1.55. The first-order valence-corrected chi connectivity index (χ1v) is 5.43. The Kier molecular flexibility index (Phi) is 2.52. The van der Waals surface area contributed by atoms with E-state index in [0.717, 1.165) is 18.1 Å². The van der Waals surface area contributed by atoms with Crippen molar-refractivity contribution < 1.29 is 9.21 Å². The van der Waals surface area contributed by atoms with Gasteiger partial charge in [0.15, 0.2) is 4.87 Å². The molecule has 1 fully saturated rings. The van der Waals surface area contributed by atoms with Crippen LogP contribution in [-0.4, -0.2) is 23.1 Å². The lowest BCUT2D eigenvalue weighted by Gasteiger charge is -2.23. The minimum absolute atomic E-state index is 0.323. The lowest BCUT2D eigenvalue weighted by atomic mass is 10.1. The van der Waals surface area contributed by atoms with Crippen LogP contribution in [0.4, 0.5) is 0 Å². The second kappa shape index (κ2) is 3.67. The Morgan fingerprint density at radius 1 is 1.79 bits per heavy atom. The van der Waals surface area contributed by atoms with E-state index in [4.69, 9.17) is 10.2 Å². The Morgan fingerprint density at radius 3 is 3.14 bits per heavy atom. The molecule has 1 unspecified atom stereocenters. The number of primary amides is 1. The summed E-state index contributed by atoms with van der Waals surface area (Å²) in [5.74, 6) is 1.37. The van der Waals surface area contributed by atoms with Crippen molar-refractivity contribution in [1.29, 1.82) is 0 Å². The molecule has 2 rings (SSSR count). The van der Waals surface area contributed by atoms with Gasteiger partial charge >= 0.3 is 0 Å². The highest BCUT2D eigenvalue weighted by molar-refractivity contribution is 8.01. The molecular weight excluding hydrogens is 200 g/mol. The Morgan fingerprint density at radius 2 is 2.64 bits per heavy atom. The van der Waals surface area contributed by atoms with Crippen LogP contribution >= 0.6 is 11.8 Å². The standard InChI is InChI=1S/C9H12N2O2S/c10-8(12)9(11-3-5-14-9)6-7-2-1-4-13-7/h1-2,4,11H,3,5-6H2,(H2,10,12). The van der Waals surface area contributed by atoms with Gasteiger partial charge in [-0.25, -0.2) is 0 Å². The Hall–Kier alpha value is -0.940. The summed E-state index contributed by atoms with van der Waals surface area (Å²) in [5.41, 5.74) is 5.39. The van der Waals surface area contributed by atoms with Crippen molar-refractivity contribution in [3.8, 4) is 0 Å². The van der Waals surface area contributed by atoms with Gasteiger partial charge in [0.1, 0.15) is 5.76 Å². The second-order valence-electron chi connectivity index (χ2n) is 3.22. The van der Waals surface area contributed by atoms with E-state index in [1.54, 1.807) is 18.0 Å². The third-order valence-corrected chi connectivity index (χ3v) is 3.65. The van der Waals surface area contributed by atoms with Gasteiger partial charge in [-0.2, -0.15) is 0 Å². The van der Waals surface area contributed by atoms with Gasteiger partial charge in [-0.15, -0.1) is 11.8 Å². The topological polar surface area (TPSA) is 68.3 Å². The summed E-state index contributed by atoms with van der Waals surface area (Å²) in [6.07, 6.45) is 2.11. The number of furan rings is 1. The van der Waals surface area contributed by atoms with E-state index in [-0.39, 0.29) is 5.91 Å². The molecule has 1 aliphatic heterocycles. The Balaban J connectivity index is 2.16. The number of carbonyl (C=O) groups is 1. The Bertz CT molecular complexity index is 318. The molecule has 0 bridgehead atoms. The summed E-state index contributed by atoms with van der Waals surface area (Å²) in [6, 6.07) is 3.66. The van der Waals surface area contributed by atoms with Crippen molar-refractivity contribution in [2.45, 2.75) is 11.3 Å². The van der Waals surface area contributed by atoms with Crippen molar-refractivity contribution in [3.05, 3.63) is 24.2 Å². The zero-order valence-corrected chi connectivity index (χ0v) is 8.47. The van der Waals surface area contributed by atoms with E-state index in [9.17, 15) is 4.79 Å². The third kappa shape index (κ3) is 1.65. The molecule has 14 heavy (non-hydrogen) atoms.